The van der Waals surface area contributed by atoms with Gasteiger partial charge in [0, 0.05) is 19.2 Å². The Morgan fingerprint density at radius 1 is 1.20 bits per heavy atom. The lowest BCUT2D eigenvalue weighted by molar-refractivity contribution is 0.394. The monoisotopic (exact) mass is 361 g/mol. The maximum Gasteiger partial charge on any atom is 0.191 e. The number of rotatable bonds is 7. The fourth-order valence-electron chi connectivity index (χ4n) is 2.58. The Hall–Kier alpha value is -2.21. The third kappa shape index (κ3) is 5.13. The van der Waals surface area contributed by atoms with Crippen LogP contribution >= 0.6 is 11.3 Å². The molecule has 2 unspecified atom stereocenters. The quantitative estimate of drug-likeness (QED) is 0.582. The number of ether oxygens (including phenoxy) is 2. The van der Waals surface area contributed by atoms with Crippen molar-refractivity contribution in [2.24, 2.45) is 4.99 Å². The lowest BCUT2D eigenvalue weighted by atomic mass is 10.1. The van der Waals surface area contributed by atoms with Crippen LogP contribution < -0.4 is 20.1 Å². The van der Waals surface area contributed by atoms with Gasteiger partial charge in [-0.3, -0.25) is 4.99 Å². The number of methoxy groups -OCH3 is 2. The summed E-state index contributed by atoms with van der Waals surface area (Å²) in [5.74, 6) is 2.81. The lowest BCUT2D eigenvalue weighted by Crippen LogP contribution is -2.40. The van der Waals surface area contributed by atoms with Crippen molar-refractivity contribution in [3.8, 4) is 11.5 Å². The molecule has 0 radical (unpaired) electrons. The Balaban J connectivity index is 2.01. The average Bonchev–Trinajstić information content (AvgIpc) is 3.18. The van der Waals surface area contributed by atoms with Gasteiger partial charge in [0.15, 0.2) is 5.96 Å². The van der Waals surface area contributed by atoms with Gasteiger partial charge in [-0.05, 0) is 53.4 Å². The summed E-state index contributed by atoms with van der Waals surface area (Å²) < 4.78 is 10.8. The Labute approximate surface area is 154 Å². The minimum Gasteiger partial charge on any atom is -0.497 e. The highest BCUT2D eigenvalue weighted by molar-refractivity contribution is 7.07. The predicted molar refractivity (Wildman–Crippen MR) is 105 cm³/mol. The van der Waals surface area contributed by atoms with Crippen molar-refractivity contribution < 1.29 is 9.47 Å². The average molecular weight is 362 g/mol. The first kappa shape index (κ1) is 19.1. The summed E-state index contributed by atoms with van der Waals surface area (Å²) in [5, 5.41) is 11.1. The molecule has 0 aliphatic carbocycles. The number of hydrogen-bond donors (Lipinski definition) is 2. The van der Waals surface area contributed by atoms with Crippen LogP contribution in [0.3, 0.4) is 0 Å². The number of guanidine groups is 1. The molecule has 1 aromatic heterocycles. The molecule has 0 saturated carbocycles. The molecule has 0 bridgehead atoms. The van der Waals surface area contributed by atoms with Gasteiger partial charge in [0.2, 0.25) is 0 Å². The molecular weight excluding hydrogens is 334 g/mol. The number of nitrogens with one attached hydrogen (secondary N) is 2. The summed E-state index contributed by atoms with van der Waals surface area (Å²) in [5.41, 5.74) is 2.37. The van der Waals surface area contributed by atoms with E-state index in [1.807, 2.05) is 18.2 Å². The van der Waals surface area contributed by atoms with E-state index < -0.39 is 0 Å². The molecule has 0 spiro atoms. The second-order valence-corrected chi connectivity index (χ2v) is 6.66. The second kappa shape index (κ2) is 9.32. The first-order valence-corrected chi connectivity index (χ1v) is 9.24. The molecule has 2 atom stereocenters. The lowest BCUT2D eigenvalue weighted by Gasteiger charge is -2.22. The number of hydrogen-bond acceptors (Lipinski definition) is 4. The van der Waals surface area contributed by atoms with E-state index in [2.05, 4.69) is 46.3 Å². The molecule has 0 amide bonds. The van der Waals surface area contributed by atoms with Crippen LogP contribution in [0.4, 0.5) is 0 Å². The van der Waals surface area contributed by atoms with Crippen molar-refractivity contribution in [3.05, 3.63) is 46.2 Å². The van der Waals surface area contributed by atoms with E-state index in [0.717, 1.165) is 29.6 Å². The van der Waals surface area contributed by atoms with Gasteiger partial charge >= 0.3 is 0 Å². The van der Waals surface area contributed by atoms with E-state index in [1.54, 1.807) is 32.6 Å². The van der Waals surface area contributed by atoms with Crippen molar-refractivity contribution >= 4 is 17.3 Å². The number of nitrogens with zero attached hydrogens (tertiary/aromatic N) is 1. The van der Waals surface area contributed by atoms with Crippen LogP contribution in [0.25, 0.3) is 0 Å². The minimum atomic E-state index is 0.0210. The molecule has 25 heavy (non-hydrogen) atoms. The molecule has 0 aliphatic heterocycles. The summed E-state index contributed by atoms with van der Waals surface area (Å²) in [6.45, 7) is 5.10. The van der Waals surface area contributed by atoms with Gasteiger partial charge in [0.25, 0.3) is 0 Å². The van der Waals surface area contributed by atoms with E-state index >= 15 is 0 Å². The first-order chi connectivity index (χ1) is 12.1. The normalized spacial score (nSPS) is 13.9. The van der Waals surface area contributed by atoms with Crippen LogP contribution in [-0.2, 0) is 0 Å². The van der Waals surface area contributed by atoms with Gasteiger partial charge in [-0.25, -0.2) is 0 Å². The Bertz CT molecular complexity index is 686. The first-order valence-electron chi connectivity index (χ1n) is 8.30. The molecule has 0 aliphatic rings. The zero-order valence-electron chi connectivity index (χ0n) is 15.5. The number of aliphatic imine (C=N–C) groups is 1. The third-order valence-electron chi connectivity index (χ3n) is 4.17. The van der Waals surface area contributed by atoms with Crippen LogP contribution in [0.5, 0.6) is 11.5 Å². The fraction of sp³-hybridized carbons (Fsp3) is 0.421. The largest absolute Gasteiger partial charge is 0.497 e. The highest BCUT2D eigenvalue weighted by Gasteiger charge is 2.15. The van der Waals surface area contributed by atoms with Gasteiger partial charge in [-0.1, -0.05) is 6.92 Å². The van der Waals surface area contributed by atoms with Gasteiger partial charge < -0.3 is 20.1 Å². The van der Waals surface area contributed by atoms with E-state index in [4.69, 9.17) is 9.47 Å². The summed E-state index contributed by atoms with van der Waals surface area (Å²) in [6, 6.07) is 7.98. The maximum absolute atomic E-state index is 5.47. The van der Waals surface area contributed by atoms with E-state index in [1.165, 1.54) is 5.56 Å². The van der Waals surface area contributed by atoms with Gasteiger partial charge in [-0.15, -0.1) is 0 Å². The Morgan fingerprint density at radius 3 is 2.60 bits per heavy atom. The molecule has 1 heterocycles. The topological polar surface area (TPSA) is 54.9 Å². The molecule has 5 nitrogen and oxygen atoms in total. The van der Waals surface area contributed by atoms with Crippen molar-refractivity contribution in [2.45, 2.75) is 25.8 Å². The van der Waals surface area contributed by atoms with Crippen molar-refractivity contribution in [1.82, 2.24) is 10.6 Å². The smallest absolute Gasteiger partial charge is 0.191 e. The predicted octanol–water partition coefficient (Wildman–Crippen LogP) is 3.80. The van der Waals surface area contributed by atoms with E-state index in [0.29, 0.717) is 5.92 Å². The molecule has 0 fully saturated rings. The highest BCUT2D eigenvalue weighted by Crippen LogP contribution is 2.29. The maximum atomic E-state index is 5.47. The van der Waals surface area contributed by atoms with E-state index in [-0.39, 0.29) is 6.04 Å². The Morgan fingerprint density at radius 2 is 2.00 bits per heavy atom. The summed E-state index contributed by atoms with van der Waals surface area (Å²) in [7, 11) is 5.11. The molecule has 136 valence electrons. The number of thiophene rings is 1. The van der Waals surface area contributed by atoms with Crippen LogP contribution in [0, 0.1) is 0 Å². The van der Waals surface area contributed by atoms with Crippen LogP contribution in [-0.4, -0.2) is 33.8 Å². The summed E-state index contributed by atoms with van der Waals surface area (Å²) in [4.78, 5) is 4.33. The van der Waals surface area contributed by atoms with Crippen molar-refractivity contribution in [1.29, 1.82) is 0 Å². The summed E-state index contributed by atoms with van der Waals surface area (Å²) >= 11 is 1.72. The fourth-order valence-corrected chi connectivity index (χ4v) is 3.36. The van der Waals surface area contributed by atoms with Crippen LogP contribution in [0.15, 0.2) is 40.0 Å². The third-order valence-corrected chi connectivity index (χ3v) is 4.87. The highest BCUT2D eigenvalue weighted by atomic mass is 32.1. The van der Waals surface area contributed by atoms with Crippen molar-refractivity contribution in [2.75, 3.05) is 27.8 Å². The standard InChI is InChI=1S/C19H27N3O2S/c1-13(15-8-9-25-12-15)11-21-19(20-3)22-14(2)17-10-16(23-4)6-7-18(17)24-5/h6-10,12-14H,11H2,1-5H3,(H2,20,21,22). The molecule has 1 aromatic carbocycles. The van der Waals surface area contributed by atoms with Gasteiger partial charge in [0.05, 0.1) is 20.3 Å². The zero-order chi connectivity index (χ0) is 18.2. The molecule has 2 N–H and O–H groups in total. The van der Waals surface area contributed by atoms with E-state index in [9.17, 15) is 0 Å². The molecule has 2 rings (SSSR count). The summed E-state index contributed by atoms with van der Waals surface area (Å²) in [6.07, 6.45) is 0. The SMILES string of the molecule is CN=C(NCC(C)c1ccsc1)NC(C)c1cc(OC)ccc1OC. The Kier molecular flexibility index (Phi) is 7.13. The molecule has 0 saturated heterocycles. The van der Waals surface area contributed by atoms with Crippen LogP contribution in [0.2, 0.25) is 0 Å². The number of benzene rings is 1. The van der Waals surface area contributed by atoms with Crippen molar-refractivity contribution in [3.63, 3.8) is 0 Å². The molecule has 2 aromatic rings. The van der Waals surface area contributed by atoms with Crippen LogP contribution in [0.1, 0.15) is 36.9 Å². The van der Waals surface area contributed by atoms with Gasteiger partial charge in [0.1, 0.15) is 11.5 Å². The minimum absolute atomic E-state index is 0.0210. The zero-order valence-corrected chi connectivity index (χ0v) is 16.3. The second-order valence-electron chi connectivity index (χ2n) is 5.88. The molecular formula is C19H27N3O2S. The van der Waals surface area contributed by atoms with Gasteiger partial charge in [-0.2, -0.15) is 11.3 Å². The molecule has 6 heteroatoms.